The van der Waals surface area contributed by atoms with Crippen molar-refractivity contribution in [1.82, 2.24) is 4.57 Å². The summed E-state index contributed by atoms with van der Waals surface area (Å²) in [5.41, 5.74) is 13.7. The van der Waals surface area contributed by atoms with Gasteiger partial charge in [-0.25, -0.2) is 0 Å². The Balaban J connectivity index is 0.936. The van der Waals surface area contributed by atoms with Crippen LogP contribution < -0.4 is 4.90 Å². The lowest BCUT2D eigenvalue weighted by Crippen LogP contribution is -2.10. The lowest BCUT2D eigenvalue weighted by Gasteiger charge is -2.28. The van der Waals surface area contributed by atoms with Gasteiger partial charge in [-0.1, -0.05) is 200 Å². The molecule has 0 N–H and O–H groups in total. The van der Waals surface area contributed by atoms with E-state index < -0.39 is 6.04 Å². The molecular weight excluding hydrogens is 773 g/mol. The molecule has 0 saturated heterocycles. The second-order valence-electron chi connectivity index (χ2n) is 16.2. The van der Waals surface area contributed by atoms with Crippen LogP contribution in [0.15, 0.2) is 255 Å². The molecule has 2 nitrogen and oxygen atoms in total. The van der Waals surface area contributed by atoms with Crippen molar-refractivity contribution in [2.45, 2.75) is 0 Å². The molecule has 0 unspecified atom stereocenters. The summed E-state index contributed by atoms with van der Waals surface area (Å²) in [5, 5.41) is 7.04. The van der Waals surface area contributed by atoms with Crippen LogP contribution in [-0.4, -0.2) is 4.57 Å². The van der Waals surface area contributed by atoms with Crippen LogP contribution in [0.2, 0.25) is 0 Å². The standard InChI is InChI=1S/C62H42N2/c1-3-13-43(14-4-1)46-27-33-52(34-28-46)63(53-35-29-47(30-36-53)44-15-5-2-6-16-44)61-40-39-55(56-19-9-10-20-57(56)61)49-25-23-48(24-26-49)51-32-38-59-58-21-11-12-22-60(58)64(62(59)42-51)54-37-31-45-17-7-8-18-50(45)41-54/h1-42H/i1D,3D,4D,13D,14D. The Hall–Kier alpha value is -8.46. The number of para-hydroxylation sites is 1. The first-order valence-corrected chi connectivity index (χ1v) is 21.6. The molecule has 0 aliphatic carbocycles. The summed E-state index contributed by atoms with van der Waals surface area (Å²) < 4.78 is 44.3. The molecule has 1 heterocycles. The normalized spacial score (nSPS) is 12.5. The summed E-state index contributed by atoms with van der Waals surface area (Å²) in [5.74, 6) is 0. The van der Waals surface area contributed by atoms with E-state index in [4.69, 9.17) is 6.85 Å². The lowest BCUT2D eigenvalue weighted by atomic mass is 9.94. The molecule has 0 bridgehead atoms. The van der Waals surface area contributed by atoms with E-state index in [9.17, 15) is 0 Å². The minimum Gasteiger partial charge on any atom is -0.310 e. The molecule has 0 aliphatic heterocycles. The first-order valence-electron chi connectivity index (χ1n) is 24.1. The maximum atomic E-state index is 8.63. The number of hydrogen-bond acceptors (Lipinski definition) is 1. The number of anilines is 3. The molecular formula is C62H42N2. The van der Waals surface area contributed by atoms with Crippen molar-refractivity contribution < 1.29 is 6.85 Å². The molecule has 0 aliphatic rings. The fraction of sp³-hybridized carbons (Fsp3) is 0. The molecule has 0 fully saturated rings. The van der Waals surface area contributed by atoms with Crippen molar-refractivity contribution in [3.05, 3.63) is 255 Å². The average Bonchev–Trinajstić information content (AvgIpc) is 3.74. The van der Waals surface area contributed by atoms with Crippen LogP contribution in [-0.2, 0) is 0 Å². The molecule has 2 heteroatoms. The Kier molecular flexibility index (Phi) is 7.96. The Morgan fingerprint density at radius 1 is 0.328 bits per heavy atom. The van der Waals surface area contributed by atoms with E-state index in [0.29, 0.717) is 5.56 Å². The number of hydrogen-bond donors (Lipinski definition) is 0. The Labute approximate surface area is 380 Å². The largest absolute Gasteiger partial charge is 0.310 e. The predicted octanol–water partition coefficient (Wildman–Crippen LogP) is 17.2. The fourth-order valence-corrected chi connectivity index (χ4v) is 9.35. The third-order valence-electron chi connectivity index (χ3n) is 12.5. The average molecular weight is 820 g/mol. The molecule has 0 saturated carbocycles. The van der Waals surface area contributed by atoms with Crippen molar-refractivity contribution in [2.75, 3.05) is 4.90 Å². The minimum atomic E-state index is -0.405. The van der Waals surface area contributed by atoms with Gasteiger partial charge in [0.25, 0.3) is 0 Å². The summed E-state index contributed by atoms with van der Waals surface area (Å²) in [6, 6.07) is 77.3. The number of aromatic nitrogens is 1. The SMILES string of the molecule is [2H]c1c([2H])c([2H])c(-c2ccc(N(c3ccc(-c4ccccc4)cc3)c3ccc(-c4ccc(-c5ccc6c7ccccc7n(-c7ccc8ccccc8c7)c6c5)cc4)c4ccccc34)cc2)c([2H])c1[2H]. The minimum absolute atomic E-state index is 0.178. The summed E-state index contributed by atoms with van der Waals surface area (Å²) in [4.78, 5) is 2.23. The van der Waals surface area contributed by atoms with Crippen LogP contribution in [0.3, 0.4) is 0 Å². The molecule has 12 rings (SSSR count). The monoisotopic (exact) mass is 819 g/mol. The summed E-state index contributed by atoms with van der Waals surface area (Å²) in [7, 11) is 0. The van der Waals surface area contributed by atoms with Gasteiger partial charge >= 0.3 is 0 Å². The number of rotatable bonds is 8. The zero-order chi connectivity index (χ0) is 46.8. The Morgan fingerprint density at radius 2 is 0.875 bits per heavy atom. The van der Waals surface area contributed by atoms with E-state index in [2.05, 4.69) is 191 Å². The molecule has 0 atom stereocenters. The van der Waals surface area contributed by atoms with Crippen molar-refractivity contribution in [2.24, 2.45) is 0 Å². The highest BCUT2D eigenvalue weighted by Crippen LogP contribution is 2.43. The van der Waals surface area contributed by atoms with Crippen molar-refractivity contribution in [3.8, 4) is 50.2 Å². The Morgan fingerprint density at radius 3 is 1.62 bits per heavy atom. The molecule has 12 aromatic rings. The quantitative estimate of drug-likeness (QED) is 0.148. The molecule has 64 heavy (non-hydrogen) atoms. The van der Waals surface area contributed by atoms with E-state index in [1.807, 2.05) is 42.5 Å². The Bertz CT molecular complexity index is 3910. The smallest absolute Gasteiger partial charge is 0.0629 e. The van der Waals surface area contributed by atoms with Gasteiger partial charge in [-0.05, 0) is 115 Å². The van der Waals surface area contributed by atoms with Gasteiger partial charge in [0.2, 0.25) is 0 Å². The molecule has 0 spiro atoms. The van der Waals surface area contributed by atoms with E-state index in [1.165, 1.54) is 27.1 Å². The molecule has 1 aromatic heterocycles. The van der Waals surface area contributed by atoms with Crippen LogP contribution >= 0.6 is 0 Å². The van der Waals surface area contributed by atoms with Gasteiger partial charge in [0.05, 0.1) is 23.6 Å². The number of fused-ring (bicyclic) bond motifs is 5. The number of benzene rings is 11. The molecule has 0 amide bonds. The van der Waals surface area contributed by atoms with Gasteiger partial charge in [0, 0.05) is 33.2 Å². The first kappa shape index (κ1) is 32.3. The van der Waals surface area contributed by atoms with Gasteiger partial charge in [-0.15, -0.1) is 0 Å². The highest BCUT2D eigenvalue weighted by atomic mass is 15.1. The van der Waals surface area contributed by atoms with Crippen LogP contribution in [0.5, 0.6) is 0 Å². The third-order valence-corrected chi connectivity index (χ3v) is 12.5. The summed E-state index contributed by atoms with van der Waals surface area (Å²) >= 11 is 0. The van der Waals surface area contributed by atoms with Crippen molar-refractivity contribution >= 4 is 60.4 Å². The topological polar surface area (TPSA) is 8.17 Å². The van der Waals surface area contributed by atoms with E-state index >= 15 is 0 Å². The zero-order valence-electron chi connectivity index (χ0n) is 39.8. The predicted molar refractivity (Wildman–Crippen MR) is 272 cm³/mol. The highest BCUT2D eigenvalue weighted by Gasteiger charge is 2.19. The third kappa shape index (κ3) is 6.61. The second-order valence-corrected chi connectivity index (χ2v) is 16.2. The summed E-state index contributed by atoms with van der Waals surface area (Å²) in [6.07, 6.45) is 0. The lowest BCUT2D eigenvalue weighted by molar-refractivity contribution is 1.19. The van der Waals surface area contributed by atoms with Crippen molar-refractivity contribution in [3.63, 3.8) is 0 Å². The van der Waals surface area contributed by atoms with Crippen LogP contribution in [0.4, 0.5) is 17.1 Å². The first-order chi connectivity index (χ1) is 33.8. The van der Waals surface area contributed by atoms with Gasteiger partial charge in [0.15, 0.2) is 0 Å². The van der Waals surface area contributed by atoms with Crippen LogP contribution in [0.1, 0.15) is 6.85 Å². The van der Waals surface area contributed by atoms with Crippen LogP contribution in [0, 0.1) is 0 Å². The maximum absolute atomic E-state index is 8.63. The van der Waals surface area contributed by atoms with Crippen molar-refractivity contribution in [1.29, 1.82) is 0 Å². The van der Waals surface area contributed by atoms with Gasteiger partial charge < -0.3 is 9.47 Å². The van der Waals surface area contributed by atoms with E-state index in [-0.39, 0.29) is 29.7 Å². The van der Waals surface area contributed by atoms with E-state index in [1.54, 1.807) is 0 Å². The molecule has 0 radical (unpaired) electrons. The van der Waals surface area contributed by atoms with E-state index in [0.717, 1.165) is 72.4 Å². The number of nitrogens with zero attached hydrogens (tertiary/aromatic N) is 2. The van der Waals surface area contributed by atoms with Crippen LogP contribution in [0.25, 0.3) is 93.5 Å². The fourth-order valence-electron chi connectivity index (χ4n) is 9.35. The second kappa shape index (κ2) is 15.8. The summed E-state index contributed by atoms with van der Waals surface area (Å²) in [6.45, 7) is 0. The molecule has 11 aromatic carbocycles. The maximum Gasteiger partial charge on any atom is 0.0629 e. The zero-order valence-corrected chi connectivity index (χ0v) is 34.8. The molecule has 300 valence electrons. The van der Waals surface area contributed by atoms with Gasteiger partial charge in [-0.2, -0.15) is 0 Å². The highest BCUT2D eigenvalue weighted by molar-refractivity contribution is 6.11. The van der Waals surface area contributed by atoms with Gasteiger partial charge in [-0.3, -0.25) is 0 Å². The van der Waals surface area contributed by atoms with Gasteiger partial charge in [0.1, 0.15) is 0 Å².